The normalized spacial score (nSPS) is 20.5. The number of carbonyl (C=O) groups is 1. The number of methoxy groups -OCH3 is 2. The number of fused-ring (bicyclic) bond motifs is 1. The van der Waals surface area contributed by atoms with E-state index < -0.39 is 11.6 Å². The van der Waals surface area contributed by atoms with Crippen LogP contribution in [-0.2, 0) is 17.6 Å². The molecule has 0 saturated carbocycles. The van der Waals surface area contributed by atoms with Gasteiger partial charge in [0.25, 0.3) is 0 Å². The quantitative estimate of drug-likeness (QED) is 0.318. The Morgan fingerprint density at radius 1 is 1.16 bits per heavy atom. The first-order valence-corrected chi connectivity index (χ1v) is 13.1. The summed E-state index contributed by atoms with van der Waals surface area (Å²) in [6.07, 6.45) is 2.83. The first-order chi connectivity index (χ1) is 17.7. The maximum absolute atomic E-state index is 11.7. The third kappa shape index (κ3) is 5.49. The lowest BCUT2D eigenvalue weighted by Crippen LogP contribution is -2.44. The van der Waals surface area contributed by atoms with Crippen molar-refractivity contribution in [1.82, 2.24) is 5.32 Å². The molecule has 2 heterocycles. The van der Waals surface area contributed by atoms with E-state index in [-0.39, 0.29) is 5.25 Å². The fourth-order valence-electron chi connectivity index (χ4n) is 4.67. The second kappa shape index (κ2) is 10.9. The summed E-state index contributed by atoms with van der Waals surface area (Å²) in [5.74, 6) is 2.35. The van der Waals surface area contributed by atoms with Crippen molar-refractivity contribution >= 4 is 28.7 Å². The van der Waals surface area contributed by atoms with Gasteiger partial charge in [-0.2, -0.15) is 0 Å². The highest BCUT2D eigenvalue weighted by Gasteiger charge is 2.40. The van der Waals surface area contributed by atoms with E-state index in [0.29, 0.717) is 53.4 Å². The zero-order valence-corrected chi connectivity index (χ0v) is 22.6. The van der Waals surface area contributed by atoms with E-state index in [1.807, 2.05) is 31.2 Å². The Labute approximate surface area is 221 Å². The van der Waals surface area contributed by atoms with Crippen LogP contribution in [0.3, 0.4) is 0 Å². The molecular formula is C27H33N3O6S. The highest BCUT2D eigenvalue weighted by molar-refractivity contribution is 8.15. The van der Waals surface area contributed by atoms with Crippen molar-refractivity contribution in [2.45, 2.75) is 57.3 Å². The first kappa shape index (κ1) is 26.7. The predicted molar refractivity (Wildman–Crippen MR) is 143 cm³/mol. The molecule has 2 aromatic rings. The Kier molecular flexibility index (Phi) is 7.87. The van der Waals surface area contributed by atoms with E-state index in [2.05, 4.69) is 12.2 Å². The molecule has 0 bridgehead atoms. The second-order valence-corrected chi connectivity index (χ2v) is 10.4. The number of benzene rings is 2. The van der Waals surface area contributed by atoms with Gasteiger partial charge in [0, 0.05) is 18.1 Å². The van der Waals surface area contributed by atoms with Crippen molar-refractivity contribution in [1.29, 1.82) is 10.8 Å². The molecule has 0 spiro atoms. The van der Waals surface area contributed by atoms with Crippen molar-refractivity contribution in [2.24, 2.45) is 0 Å². The Hall–Kier alpha value is -3.40. The van der Waals surface area contributed by atoms with Crippen LogP contribution in [0.25, 0.3) is 0 Å². The lowest BCUT2D eigenvalue weighted by molar-refractivity contribution is -0.132. The van der Waals surface area contributed by atoms with Crippen LogP contribution in [0.5, 0.6) is 28.7 Å². The minimum atomic E-state index is -0.569. The van der Waals surface area contributed by atoms with Crippen LogP contribution in [0.2, 0.25) is 0 Å². The average Bonchev–Trinajstić information content (AvgIpc) is 3.20. The van der Waals surface area contributed by atoms with E-state index in [9.17, 15) is 4.79 Å². The molecule has 2 aliphatic rings. The summed E-state index contributed by atoms with van der Waals surface area (Å²) in [6.45, 7) is 5.67. The summed E-state index contributed by atoms with van der Waals surface area (Å²) in [4.78, 5) is 11.7. The molecule has 9 nitrogen and oxygen atoms in total. The topological polar surface area (TPSA) is 123 Å². The third-order valence-corrected chi connectivity index (χ3v) is 7.83. The Morgan fingerprint density at radius 3 is 2.43 bits per heavy atom. The van der Waals surface area contributed by atoms with Gasteiger partial charge in [-0.25, -0.2) is 0 Å². The fourth-order valence-corrected chi connectivity index (χ4v) is 5.57. The van der Waals surface area contributed by atoms with Crippen LogP contribution in [0, 0.1) is 17.7 Å². The number of hydrogen-bond donors (Lipinski definition) is 3. The zero-order valence-electron chi connectivity index (χ0n) is 21.8. The highest BCUT2D eigenvalue weighted by Crippen LogP contribution is 2.53. The van der Waals surface area contributed by atoms with Crippen molar-refractivity contribution in [3.05, 3.63) is 41.0 Å². The maximum Gasteiger partial charge on any atom is 0.308 e. The van der Waals surface area contributed by atoms with Crippen molar-refractivity contribution in [2.75, 3.05) is 20.8 Å². The number of nitrogens with one attached hydrogen (secondary N) is 3. The van der Waals surface area contributed by atoms with Crippen LogP contribution >= 0.6 is 11.8 Å². The van der Waals surface area contributed by atoms with Crippen molar-refractivity contribution < 1.29 is 28.5 Å². The molecule has 0 radical (unpaired) electrons. The average molecular weight is 528 g/mol. The Morgan fingerprint density at radius 2 is 1.86 bits per heavy atom. The van der Waals surface area contributed by atoms with Gasteiger partial charge < -0.3 is 29.0 Å². The number of rotatable bonds is 9. The van der Waals surface area contributed by atoms with Gasteiger partial charge in [-0.15, -0.1) is 0 Å². The number of esters is 1. The molecule has 1 saturated heterocycles. The number of carbonyl (C=O) groups excluding carboxylic acids is 1. The van der Waals surface area contributed by atoms with Gasteiger partial charge in [0.05, 0.1) is 19.5 Å². The second-order valence-electron chi connectivity index (χ2n) is 9.17. The first-order valence-electron chi connectivity index (χ1n) is 12.2. The standard InChI is InChI=1S/C27H33N3O6S/c1-6-27(14-34-18-9-7-17(8-10-18)13-20-25(28)30-26(29)37-20)12-11-19-15(2)21(35-16(3)31)23(32-4)24(33-5)22(19)36-27/h7-10,20H,6,11-14H2,1-5H3,(H3,28,29,30). The molecule has 4 rings (SSSR count). The lowest BCUT2D eigenvalue weighted by atomic mass is 9.87. The van der Waals surface area contributed by atoms with Gasteiger partial charge >= 0.3 is 5.97 Å². The molecule has 10 heteroatoms. The van der Waals surface area contributed by atoms with Crippen LogP contribution in [0.1, 0.15) is 43.4 Å². The van der Waals surface area contributed by atoms with Crippen LogP contribution in [0.4, 0.5) is 0 Å². The van der Waals surface area contributed by atoms with Crippen molar-refractivity contribution in [3.63, 3.8) is 0 Å². The van der Waals surface area contributed by atoms with Gasteiger partial charge in [0.15, 0.2) is 16.7 Å². The highest BCUT2D eigenvalue weighted by atomic mass is 32.2. The van der Waals surface area contributed by atoms with Gasteiger partial charge in [-0.3, -0.25) is 15.6 Å². The van der Waals surface area contributed by atoms with Crippen LogP contribution < -0.4 is 29.0 Å². The number of ether oxygens (including phenoxy) is 5. The lowest BCUT2D eigenvalue weighted by Gasteiger charge is -2.39. The minimum absolute atomic E-state index is 0.0601. The number of thioether (sulfide) groups is 1. The largest absolute Gasteiger partial charge is 0.490 e. The smallest absolute Gasteiger partial charge is 0.308 e. The van der Waals surface area contributed by atoms with Gasteiger partial charge in [0.1, 0.15) is 23.8 Å². The summed E-state index contributed by atoms with van der Waals surface area (Å²) in [5, 5.41) is 18.7. The summed E-state index contributed by atoms with van der Waals surface area (Å²) < 4.78 is 29.5. The maximum atomic E-state index is 11.7. The fraction of sp³-hybridized carbons (Fsp3) is 0.444. The molecule has 2 aliphatic heterocycles. The van der Waals surface area contributed by atoms with E-state index in [1.54, 1.807) is 7.11 Å². The van der Waals surface area contributed by atoms with Crippen LogP contribution in [0.15, 0.2) is 24.3 Å². The number of amidine groups is 2. The summed E-state index contributed by atoms with van der Waals surface area (Å²) in [5.41, 5.74) is 2.24. The molecule has 2 atom stereocenters. The van der Waals surface area contributed by atoms with Gasteiger partial charge in [-0.05, 0) is 50.3 Å². The molecule has 0 aromatic heterocycles. The third-order valence-electron chi connectivity index (χ3n) is 6.81. The molecule has 2 unspecified atom stereocenters. The molecule has 37 heavy (non-hydrogen) atoms. The van der Waals surface area contributed by atoms with Crippen molar-refractivity contribution in [3.8, 4) is 28.7 Å². The SMILES string of the molecule is CCC1(COc2ccc(CC3SC(=N)NC3=N)cc2)CCc2c(C)c(OC(C)=O)c(OC)c(OC)c2O1. The molecule has 2 aromatic carbocycles. The summed E-state index contributed by atoms with van der Waals surface area (Å²) in [7, 11) is 3.05. The van der Waals surface area contributed by atoms with E-state index in [4.69, 9.17) is 34.5 Å². The van der Waals surface area contributed by atoms with E-state index in [1.165, 1.54) is 25.8 Å². The molecule has 198 valence electrons. The van der Waals surface area contributed by atoms with Gasteiger partial charge in [-0.1, -0.05) is 30.8 Å². The predicted octanol–water partition coefficient (Wildman–Crippen LogP) is 4.65. The molecule has 0 amide bonds. The molecule has 1 fully saturated rings. The van der Waals surface area contributed by atoms with E-state index >= 15 is 0 Å². The summed E-state index contributed by atoms with van der Waals surface area (Å²) >= 11 is 1.36. The Balaban J connectivity index is 1.51. The molecule has 0 aliphatic carbocycles. The minimum Gasteiger partial charge on any atom is -0.490 e. The summed E-state index contributed by atoms with van der Waals surface area (Å²) in [6, 6.07) is 7.84. The van der Waals surface area contributed by atoms with Gasteiger partial charge in [0.2, 0.25) is 11.5 Å². The monoisotopic (exact) mass is 527 g/mol. The molecule has 3 N–H and O–H groups in total. The van der Waals surface area contributed by atoms with Crippen LogP contribution in [-0.4, -0.2) is 48.7 Å². The number of hydrogen-bond acceptors (Lipinski definition) is 9. The van der Waals surface area contributed by atoms with E-state index in [0.717, 1.165) is 35.3 Å². The zero-order chi connectivity index (χ0) is 26.7. The molecular weight excluding hydrogens is 494 g/mol. The Bertz CT molecular complexity index is 1220.